The molecule has 0 unspecified atom stereocenters. The fourth-order valence-electron chi connectivity index (χ4n) is 8.00. The van der Waals surface area contributed by atoms with Gasteiger partial charge in [0.25, 0.3) is 11.8 Å². The highest BCUT2D eigenvalue weighted by molar-refractivity contribution is 6.04. The van der Waals surface area contributed by atoms with E-state index in [4.69, 9.17) is 21.4 Å². The number of nitrogen functional groups attached to an aromatic ring is 2. The van der Waals surface area contributed by atoms with Crippen LogP contribution in [-0.4, -0.2) is 57.9 Å². The second-order valence-corrected chi connectivity index (χ2v) is 15.8. The summed E-state index contributed by atoms with van der Waals surface area (Å²) in [6, 6.07) is 36.5. The minimum Gasteiger partial charge on any atom is -0.398 e. The van der Waals surface area contributed by atoms with Gasteiger partial charge in [0.05, 0.1) is 6.33 Å². The van der Waals surface area contributed by atoms with E-state index in [1.54, 1.807) is 0 Å². The Kier molecular flexibility index (Phi) is 10.7. The Morgan fingerprint density at radius 2 is 0.952 bits per heavy atom. The predicted molar refractivity (Wildman–Crippen MR) is 250 cm³/mol. The van der Waals surface area contributed by atoms with Gasteiger partial charge >= 0.3 is 0 Å². The number of nitrogens with one attached hydrogen (secondary N) is 5. The third-order valence-electron chi connectivity index (χ3n) is 11.4. The lowest BCUT2D eigenvalue weighted by Crippen LogP contribution is -2.34. The zero-order valence-corrected chi connectivity index (χ0v) is 35.5. The van der Waals surface area contributed by atoms with Crippen molar-refractivity contribution in [3.8, 4) is 11.4 Å². The highest BCUT2D eigenvalue weighted by Crippen LogP contribution is 2.28. The average Bonchev–Trinajstić information content (AvgIpc) is 3.78. The van der Waals surface area contributed by atoms with Gasteiger partial charge in [-0.2, -0.15) is 0 Å². The molecule has 3 heterocycles. The topological polar surface area (TPSA) is 197 Å². The van der Waals surface area contributed by atoms with Crippen molar-refractivity contribution in [3.63, 3.8) is 0 Å². The Morgan fingerprint density at radius 3 is 1.41 bits per heavy atom. The molecule has 2 amide bonds. The van der Waals surface area contributed by atoms with Crippen LogP contribution in [0.5, 0.6) is 0 Å². The number of H-pyrrole nitrogens is 1. The number of carbonyl (C=O) groups excluding carboxylic acids is 2. The number of aromatic nitrogens is 6. The molecular weight excluding hydrogens is 789 g/mol. The molecule has 0 saturated carbocycles. The van der Waals surface area contributed by atoms with Gasteiger partial charge in [-0.3, -0.25) is 9.59 Å². The summed E-state index contributed by atoms with van der Waals surface area (Å²) in [6.07, 6.45) is 1.35. The van der Waals surface area contributed by atoms with Crippen LogP contribution in [-0.2, 0) is 0 Å². The van der Waals surface area contributed by atoms with Crippen molar-refractivity contribution in [2.24, 2.45) is 0 Å². The van der Waals surface area contributed by atoms with Gasteiger partial charge < -0.3 is 37.7 Å². The van der Waals surface area contributed by atoms with Crippen molar-refractivity contribution >= 4 is 78.7 Å². The number of nitrogens with zero attached hydrogens (tertiary/aromatic N) is 5. The maximum atomic E-state index is 13.3. The number of nitrogens with two attached hydrogens (primary N) is 2. The predicted octanol–water partition coefficient (Wildman–Crippen LogP) is 6.45. The van der Waals surface area contributed by atoms with Gasteiger partial charge in [-0.25, -0.2) is 15.0 Å². The number of amides is 2. The Bertz CT molecular complexity index is 3030. The lowest BCUT2D eigenvalue weighted by molar-refractivity contribution is -0.538. The minimum absolute atomic E-state index is 0.0186. The van der Waals surface area contributed by atoms with Gasteiger partial charge in [0.15, 0.2) is 5.69 Å². The summed E-state index contributed by atoms with van der Waals surface area (Å²) < 4.78 is 4.34. The molecule has 9 aromatic rings. The first-order valence-electron chi connectivity index (χ1n) is 20.8. The molecule has 9 N–H and O–H groups in total. The molecule has 14 nitrogen and oxygen atoms in total. The van der Waals surface area contributed by atoms with Crippen LogP contribution >= 0.6 is 0 Å². The summed E-state index contributed by atoms with van der Waals surface area (Å²) in [7, 11) is 0. The molecule has 9 rings (SSSR count). The summed E-state index contributed by atoms with van der Waals surface area (Å²) in [5.74, 6) is -0.895. The first kappa shape index (κ1) is 40.3. The average molecular weight is 837 g/mol. The maximum absolute atomic E-state index is 13.3. The Morgan fingerprint density at radius 1 is 0.540 bits per heavy atom. The zero-order valence-electron chi connectivity index (χ0n) is 35.5. The number of anilines is 4. The van der Waals surface area contributed by atoms with E-state index >= 15 is 0 Å². The molecule has 6 aromatic carbocycles. The number of hydrogen-bond donors (Lipinski definition) is 7. The van der Waals surface area contributed by atoms with E-state index in [0.29, 0.717) is 31.0 Å². The van der Waals surface area contributed by atoms with Gasteiger partial charge in [-0.05, 0) is 74.2 Å². The second-order valence-electron chi connectivity index (χ2n) is 15.8. The SMILES string of the molecule is Cc1cc2nc3cc(C)c(NCCNC(=O)c4nc[nH]c4C(=O)NCCNc4cc5c(cc4C)nc4cc(C)c(N)cc4[n+]5-c4ccccc4)cc3[n+](-c3ccccc3)c2cc1N. The van der Waals surface area contributed by atoms with Gasteiger partial charge in [0.2, 0.25) is 33.4 Å². The second kappa shape index (κ2) is 16.7. The number of aryl methyl sites for hydroxylation is 4. The van der Waals surface area contributed by atoms with E-state index in [1.807, 2.05) is 88.4 Å². The van der Waals surface area contributed by atoms with Crippen LogP contribution in [0.25, 0.3) is 55.5 Å². The molecule has 3 aromatic heterocycles. The molecule has 0 radical (unpaired) electrons. The molecule has 0 saturated heterocycles. The van der Waals surface area contributed by atoms with Crippen molar-refractivity contribution in [1.82, 2.24) is 30.6 Å². The molecule has 0 bridgehead atoms. The van der Waals surface area contributed by atoms with Crippen LogP contribution in [0.2, 0.25) is 0 Å². The molecular formula is C49H48N12O2+2. The summed E-state index contributed by atoms with van der Waals surface area (Å²) >= 11 is 0. The number of rotatable bonds is 12. The maximum Gasteiger partial charge on any atom is 0.272 e. The number of imidazole rings is 1. The van der Waals surface area contributed by atoms with Gasteiger partial charge in [-0.15, -0.1) is 9.13 Å². The van der Waals surface area contributed by atoms with Crippen molar-refractivity contribution in [3.05, 3.63) is 149 Å². The molecule has 0 spiro atoms. The van der Waals surface area contributed by atoms with E-state index in [-0.39, 0.29) is 17.9 Å². The summed E-state index contributed by atoms with van der Waals surface area (Å²) in [5, 5.41) is 12.8. The van der Waals surface area contributed by atoms with Crippen molar-refractivity contribution in [1.29, 1.82) is 0 Å². The summed E-state index contributed by atoms with van der Waals surface area (Å²) in [5.41, 5.74) is 29.0. The highest BCUT2D eigenvalue weighted by atomic mass is 16.2. The summed E-state index contributed by atoms with van der Waals surface area (Å²) in [4.78, 5) is 43.7. The van der Waals surface area contributed by atoms with Crippen LogP contribution in [0.3, 0.4) is 0 Å². The van der Waals surface area contributed by atoms with Crippen LogP contribution < -0.4 is 41.9 Å². The first-order chi connectivity index (χ1) is 30.5. The third-order valence-corrected chi connectivity index (χ3v) is 11.4. The van der Waals surface area contributed by atoms with Gasteiger partial charge in [0, 0.05) is 97.5 Å². The molecule has 0 aliphatic heterocycles. The number of benzene rings is 6. The quantitative estimate of drug-likeness (QED) is 0.0313. The number of para-hydroxylation sites is 2. The van der Waals surface area contributed by atoms with Crippen molar-refractivity contribution in [2.75, 3.05) is 48.3 Å². The van der Waals surface area contributed by atoms with E-state index in [9.17, 15) is 9.59 Å². The van der Waals surface area contributed by atoms with Gasteiger partial charge in [-0.1, -0.05) is 36.4 Å². The number of hydrogen-bond acceptors (Lipinski definition) is 9. The Balaban J connectivity index is 0.846. The van der Waals surface area contributed by atoms with Crippen LogP contribution in [0.15, 0.2) is 116 Å². The lowest BCUT2D eigenvalue weighted by atomic mass is 10.1. The third kappa shape index (κ3) is 7.85. The van der Waals surface area contributed by atoms with Gasteiger partial charge in [0.1, 0.15) is 27.8 Å². The molecule has 63 heavy (non-hydrogen) atoms. The largest absolute Gasteiger partial charge is 0.398 e. The highest BCUT2D eigenvalue weighted by Gasteiger charge is 2.24. The molecule has 0 fully saturated rings. The van der Waals surface area contributed by atoms with E-state index < -0.39 is 11.8 Å². The normalized spacial score (nSPS) is 11.4. The fourth-order valence-corrected chi connectivity index (χ4v) is 8.00. The molecule has 14 heteroatoms. The smallest absolute Gasteiger partial charge is 0.272 e. The molecule has 0 aliphatic carbocycles. The van der Waals surface area contributed by atoms with E-state index in [1.165, 1.54) is 6.33 Å². The van der Waals surface area contributed by atoms with E-state index in [2.05, 4.69) is 88.9 Å². The van der Waals surface area contributed by atoms with Crippen LogP contribution in [0.4, 0.5) is 22.7 Å². The van der Waals surface area contributed by atoms with Crippen molar-refractivity contribution < 1.29 is 18.7 Å². The van der Waals surface area contributed by atoms with Crippen LogP contribution in [0, 0.1) is 27.7 Å². The lowest BCUT2D eigenvalue weighted by Gasteiger charge is -2.13. The molecule has 0 atom stereocenters. The standard InChI is InChI=1S/C49H46N12O2/c1-28-19-38-42(23-34(28)50)60(32-11-7-5-8-12-32)44-25-36(30(3)21-40(44)58-38)52-15-17-54-48(62)46-47(57-27-56-46)49(63)55-18-16-53-37-26-45-41(22-31(37)4)59-39-20-29(2)35(51)24-43(39)61(45)33-13-9-6-10-14-33/h5-14,19-27H,15-18H2,1-4H3,(H7,50,51,52,53,54,55,56,57,62,63)/p+2. The Hall–Kier alpha value is -8.13. The minimum atomic E-state index is -0.460. The number of carbonyl (C=O) groups is 2. The monoisotopic (exact) mass is 836 g/mol. The van der Waals surface area contributed by atoms with E-state index in [0.717, 1.165) is 89.1 Å². The fraction of sp³-hybridized carbons (Fsp3) is 0.163. The summed E-state index contributed by atoms with van der Waals surface area (Å²) in [6.45, 7) is 9.45. The number of aromatic amines is 1. The molecule has 314 valence electrons. The number of fused-ring (bicyclic) bond motifs is 4. The molecule has 0 aliphatic rings. The first-order valence-corrected chi connectivity index (χ1v) is 20.8. The Labute approximate surface area is 363 Å². The van der Waals surface area contributed by atoms with Crippen LogP contribution in [0.1, 0.15) is 43.2 Å². The van der Waals surface area contributed by atoms with Crippen molar-refractivity contribution in [2.45, 2.75) is 27.7 Å². The zero-order chi connectivity index (χ0) is 43.8.